The van der Waals surface area contributed by atoms with Gasteiger partial charge in [0.15, 0.2) is 0 Å². The van der Waals surface area contributed by atoms with Gasteiger partial charge in [0.05, 0.1) is 5.52 Å². The summed E-state index contributed by atoms with van der Waals surface area (Å²) >= 11 is 1.74. The fraction of sp³-hybridized carbons (Fsp3) is 0.348. The van der Waals surface area contributed by atoms with Gasteiger partial charge in [-0.15, -0.1) is 0 Å². The smallest absolute Gasteiger partial charge is 0.250 e. The molecule has 4 nitrogen and oxygen atoms in total. The topological polar surface area (TPSA) is 40.5 Å². The molecule has 0 saturated carbocycles. The van der Waals surface area contributed by atoms with Crippen LogP contribution in [0.3, 0.4) is 0 Å². The largest absolute Gasteiger partial charge is 0.489 e. The third-order valence-electron chi connectivity index (χ3n) is 5.71. The molecule has 0 aliphatic carbocycles. The number of pyridine rings is 1. The highest BCUT2D eigenvalue weighted by Gasteiger charge is 2.34. The van der Waals surface area contributed by atoms with Crippen molar-refractivity contribution in [2.45, 2.75) is 24.2 Å². The zero-order chi connectivity index (χ0) is 20.4. The van der Waals surface area contributed by atoms with E-state index in [0.29, 0.717) is 19.0 Å². The van der Waals surface area contributed by atoms with Crippen LogP contribution in [0.25, 0.3) is 10.9 Å². The Morgan fingerprint density at radius 2 is 1.97 bits per heavy atom. The van der Waals surface area contributed by atoms with Gasteiger partial charge in [-0.1, -0.05) is 18.2 Å². The van der Waals surface area contributed by atoms with Crippen LogP contribution in [0.15, 0.2) is 53.3 Å². The first-order valence-electron chi connectivity index (χ1n) is 9.67. The molecule has 0 amide bonds. The van der Waals surface area contributed by atoms with Crippen molar-refractivity contribution in [2.24, 2.45) is 7.05 Å². The molecular weight excluding hydrogens is 389 g/mol. The summed E-state index contributed by atoms with van der Waals surface area (Å²) in [4.78, 5) is 12.1. The molecule has 0 spiro atoms. The van der Waals surface area contributed by atoms with Gasteiger partial charge in [-0.25, -0.2) is 4.39 Å². The number of halogens is 1. The maximum Gasteiger partial charge on any atom is 0.250 e. The fourth-order valence-corrected chi connectivity index (χ4v) is 4.96. The van der Waals surface area contributed by atoms with Gasteiger partial charge < -0.3 is 14.0 Å². The molecule has 0 bridgehead atoms. The average molecular weight is 414 g/mol. The normalized spacial score (nSPS) is 16.1. The Labute approximate surface area is 173 Å². The van der Waals surface area contributed by atoms with Gasteiger partial charge in [-0.2, -0.15) is 11.8 Å². The van der Waals surface area contributed by atoms with Crippen LogP contribution in [0, 0.1) is 5.82 Å². The van der Waals surface area contributed by atoms with Crippen molar-refractivity contribution < 1.29 is 13.9 Å². The first-order valence-corrected chi connectivity index (χ1v) is 10.9. The summed E-state index contributed by atoms with van der Waals surface area (Å²) in [5.74, 6) is 0.195. The average Bonchev–Trinajstić information content (AvgIpc) is 2.75. The first kappa shape index (κ1) is 20.0. The number of thioether (sulfide) groups is 1. The number of aromatic nitrogens is 1. The van der Waals surface area contributed by atoms with E-state index in [0.717, 1.165) is 34.9 Å². The van der Waals surface area contributed by atoms with Crippen LogP contribution in [0.4, 0.5) is 4.39 Å². The van der Waals surface area contributed by atoms with Crippen LogP contribution >= 0.6 is 11.8 Å². The van der Waals surface area contributed by atoms with E-state index in [4.69, 9.17) is 9.47 Å². The number of hydrogen-bond acceptors (Lipinski definition) is 4. The second-order valence-electron chi connectivity index (χ2n) is 7.36. The monoisotopic (exact) mass is 413 g/mol. The van der Waals surface area contributed by atoms with E-state index in [1.807, 2.05) is 30.3 Å². The van der Waals surface area contributed by atoms with Crippen LogP contribution in [-0.2, 0) is 23.1 Å². The van der Waals surface area contributed by atoms with Crippen LogP contribution in [0.2, 0.25) is 0 Å². The number of ether oxygens (including phenoxy) is 2. The van der Waals surface area contributed by atoms with E-state index < -0.39 is 0 Å². The van der Waals surface area contributed by atoms with E-state index in [2.05, 4.69) is 6.26 Å². The molecule has 0 unspecified atom stereocenters. The summed E-state index contributed by atoms with van der Waals surface area (Å²) in [6.07, 6.45) is 3.76. The lowest BCUT2D eigenvalue weighted by atomic mass is 9.90. The molecule has 0 atom stereocenters. The highest BCUT2D eigenvalue weighted by molar-refractivity contribution is 7.99. The third-order valence-corrected chi connectivity index (χ3v) is 7.13. The van der Waals surface area contributed by atoms with Gasteiger partial charge in [0.2, 0.25) is 0 Å². The van der Waals surface area contributed by atoms with Crippen molar-refractivity contribution in [2.75, 3.05) is 19.5 Å². The molecule has 2 heterocycles. The minimum atomic E-state index is -0.303. The number of aryl methyl sites for hydroxylation is 1. The van der Waals surface area contributed by atoms with Crippen LogP contribution in [-0.4, -0.2) is 24.0 Å². The Balaban J connectivity index is 1.65. The summed E-state index contributed by atoms with van der Waals surface area (Å²) in [7, 11) is 1.75. The van der Waals surface area contributed by atoms with Crippen molar-refractivity contribution in [3.05, 3.63) is 75.8 Å². The van der Waals surface area contributed by atoms with E-state index in [-0.39, 0.29) is 22.7 Å². The van der Waals surface area contributed by atoms with Gasteiger partial charge in [0.1, 0.15) is 18.2 Å². The summed E-state index contributed by atoms with van der Waals surface area (Å²) in [5, 5.41) is 0.969. The number of hydrogen-bond donors (Lipinski definition) is 0. The molecule has 1 saturated heterocycles. The SMILES string of the molecule is CSC1(c2cc(F)cc(OCc3cccc4ccc(=O)n(C)c34)c2)CCOCC1. The quantitative estimate of drug-likeness (QED) is 0.612. The molecule has 1 fully saturated rings. The molecule has 1 aliphatic rings. The van der Waals surface area contributed by atoms with Crippen LogP contribution < -0.4 is 10.3 Å². The molecule has 2 aromatic carbocycles. The molecule has 0 radical (unpaired) electrons. The van der Waals surface area contributed by atoms with Gasteiger partial charge in [-0.05, 0) is 48.2 Å². The summed E-state index contributed by atoms with van der Waals surface area (Å²) < 4.78 is 27.4. The van der Waals surface area contributed by atoms with Gasteiger partial charge in [0.25, 0.3) is 5.56 Å². The lowest BCUT2D eigenvalue weighted by Crippen LogP contribution is -2.30. The maximum atomic E-state index is 14.4. The Kier molecular flexibility index (Phi) is 5.65. The molecule has 0 N–H and O–H groups in total. The predicted octanol–water partition coefficient (Wildman–Crippen LogP) is 4.63. The molecule has 3 aromatic rings. The number of rotatable bonds is 5. The second-order valence-corrected chi connectivity index (χ2v) is 8.55. The van der Waals surface area contributed by atoms with E-state index in [9.17, 15) is 9.18 Å². The van der Waals surface area contributed by atoms with E-state index in [1.54, 1.807) is 35.5 Å². The summed E-state index contributed by atoms with van der Waals surface area (Å²) in [6, 6.07) is 14.2. The molecule has 6 heteroatoms. The van der Waals surface area contributed by atoms with E-state index in [1.165, 1.54) is 6.07 Å². The number of nitrogens with zero attached hydrogens (tertiary/aromatic N) is 1. The molecule has 1 aromatic heterocycles. The zero-order valence-corrected chi connectivity index (χ0v) is 17.4. The van der Waals surface area contributed by atoms with E-state index >= 15 is 0 Å². The minimum Gasteiger partial charge on any atom is -0.489 e. The lowest BCUT2D eigenvalue weighted by Gasteiger charge is -2.36. The van der Waals surface area contributed by atoms with Gasteiger partial charge >= 0.3 is 0 Å². The van der Waals surface area contributed by atoms with Crippen molar-refractivity contribution in [3.8, 4) is 5.75 Å². The molecular formula is C23H24FNO3S. The van der Waals surface area contributed by atoms with Crippen molar-refractivity contribution in [3.63, 3.8) is 0 Å². The number of benzene rings is 2. The second kappa shape index (κ2) is 8.20. The molecule has 152 valence electrons. The fourth-order valence-electron chi connectivity index (χ4n) is 4.04. The Bertz CT molecular complexity index is 1090. The van der Waals surface area contributed by atoms with Crippen molar-refractivity contribution in [1.29, 1.82) is 0 Å². The first-order chi connectivity index (χ1) is 14.0. The number of para-hydroxylation sites is 1. The molecule has 1 aliphatic heterocycles. The Hall–Kier alpha value is -2.31. The molecule has 4 rings (SSSR count). The maximum absolute atomic E-state index is 14.4. The highest BCUT2D eigenvalue weighted by Crippen LogP contribution is 2.44. The Morgan fingerprint density at radius 1 is 1.17 bits per heavy atom. The third kappa shape index (κ3) is 3.91. The van der Waals surface area contributed by atoms with Crippen LogP contribution in [0.1, 0.15) is 24.0 Å². The van der Waals surface area contributed by atoms with Crippen molar-refractivity contribution in [1.82, 2.24) is 4.57 Å². The minimum absolute atomic E-state index is 0.0700. The van der Waals surface area contributed by atoms with Crippen molar-refractivity contribution >= 4 is 22.7 Å². The lowest BCUT2D eigenvalue weighted by molar-refractivity contribution is 0.0768. The number of fused-ring (bicyclic) bond motifs is 1. The summed E-state index contributed by atoms with van der Waals surface area (Å²) in [5.41, 5.74) is 2.59. The highest BCUT2D eigenvalue weighted by atomic mass is 32.2. The van der Waals surface area contributed by atoms with Gasteiger partial charge in [0, 0.05) is 42.7 Å². The predicted molar refractivity (Wildman–Crippen MR) is 115 cm³/mol. The zero-order valence-electron chi connectivity index (χ0n) is 16.6. The van der Waals surface area contributed by atoms with Gasteiger partial charge in [-0.3, -0.25) is 4.79 Å². The molecule has 29 heavy (non-hydrogen) atoms. The summed E-state index contributed by atoms with van der Waals surface area (Å²) in [6.45, 7) is 1.61. The Morgan fingerprint density at radius 3 is 2.72 bits per heavy atom. The van der Waals surface area contributed by atoms with Crippen LogP contribution in [0.5, 0.6) is 5.75 Å². The standard InChI is InChI=1S/C23H24FNO3S/c1-25-21(26)7-6-16-4-3-5-17(22(16)25)15-28-20-13-18(12-19(24)14-20)23(29-2)8-10-27-11-9-23/h3-7,12-14H,8-11,15H2,1-2H3.